The summed E-state index contributed by atoms with van der Waals surface area (Å²) in [7, 11) is -3.37. The fourth-order valence-electron chi connectivity index (χ4n) is 2.83. The van der Waals surface area contributed by atoms with Crippen molar-refractivity contribution in [3.05, 3.63) is 89.7 Å². The number of benzene rings is 2. The molecule has 7 nitrogen and oxygen atoms in total. The molecule has 0 bridgehead atoms. The molecular formula is C22H23N3O4S. The van der Waals surface area contributed by atoms with Crippen LogP contribution in [0.2, 0.25) is 0 Å². The summed E-state index contributed by atoms with van der Waals surface area (Å²) in [5.74, 6) is 0.328. The second kappa shape index (κ2) is 9.41. The Morgan fingerprint density at radius 2 is 1.90 bits per heavy atom. The van der Waals surface area contributed by atoms with Gasteiger partial charge in [0.1, 0.15) is 12.4 Å². The number of hydrogen-bond donors (Lipinski definition) is 2. The summed E-state index contributed by atoms with van der Waals surface area (Å²) in [5, 5.41) is 2.92. The number of sulfonamides is 1. The summed E-state index contributed by atoms with van der Waals surface area (Å²) in [4.78, 5) is 16.7. The number of nitrogens with one attached hydrogen (secondary N) is 2. The molecule has 1 aromatic heterocycles. The van der Waals surface area contributed by atoms with E-state index in [4.69, 9.17) is 4.74 Å². The van der Waals surface area contributed by atoms with E-state index in [9.17, 15) is 13.2 Å². The first-order valence-electron chi connectivity index (χ1n) is 9.30. The maximum absolute atomic E-state index is 12.7. The Balaban J connectivity index is 1.65. The Morgan fingerprint density at radius 1 is 1.10 bits per heavy atom. The van der Waals surface area contributed by atoms with Crippen molar-refractivity contribution in [2.24, 2.45) is 0 Å². The molecule has 0 radical (unpaired) electrons. The maximum Gasteiger partial charge on any atom is 0.251 e. The summed E-state index contributed by atoms with van der Waals surface area (Å²) in [6.07, 6.45) is 4.52. The number of carbonyl (C=O) groups excluding carboxylic acids is 1. The van der Waals surface area contributed by atoms with Gasteiger partial charge in [-0.2, -0.15) is 0 Å². The van der Waals surface area contributed by atoms with Gasteiger partial charge in [-0.3, -0.25) is 14.5 Å². The average molecular weight is 426 g/mol. The SMILES string of the molecule is CC(NC(=O)c1cccc(OCc2cccnc2)c1)c1cccc(NS(C)(=O)=O)c1. The second-order valence-electron chi connectivity index (χ2n) is 6.87. The monoisotopic (exact) mass is 425 g/mol. The molecule has 3 aromatic rings. The molecule has 0 saturated heterocycles. The molecule has 0 aliphatic rings. The number of amides is 1. The van der Waals surface area contributed by atoms with Crippen LogP contribution in [0.5, 0.6) is 5.75 Å². The average Bonchev–Trinajstić information content (AvgIpc) is 2.72. The molecule has 30 heavy (non-hydrogen) atoms. The molecule has 1 unspecified atom stereocenters. The van der Waals surface area contributed by atoms with Gasteiger partial charge in [-0.05, 0) is 48.9 Å². The lowest BCUT2D eigenvalue weighted by Gasteiger charge is -2.16. The van der Waals surface area contributed by atoms with Gasteiger partial charge >= 0.3 is 0 Å². The van der Waals surface area contributed by atoms with Gasteiger partial charge in [-0.15, -0.1) is 0 Å². The Morgan fingerprint density at radius 3 is 2.63 bits per heavy atom. The zero-order valence-corrected chi connectivity index (χ0v) is 17.5. The normalized spacial score (nSPS) is 12.1. The van der Waals surface area contributed by atoms with E-state index in [0.29, 0.717) is 23.6 Å². The van der Waals surface area contributed by atoms with E-state index in [0.717, 1.165) is 17.4 Å². The van der Waals surface area contributed by atoms with E-state index in [2.05, 4.69) is 15.0 Å². The third-order valence-electron chi connectivity index (χ3n) is 4.26. The van der Waals surface area contributed by atoms with E-state index in [1.807, 2.05) is 25.1 Å². The van der Waals surface area contributed by atoms with Gasteiger partial charge in [0.25, 0.3) is 5.91 Å². The molecule has 1 heterocycles. The van der Waals surface area contributed by atoms with E-state index in [-0.39, 0.29) is 11.9 Å². The number of hydrogen-bond acceptors (Lipinski definition) is 5. The first kappa shape index (κ1) is 21.3. The number of anilines is 1. The van der Waals surface area contributed by atoms with Gasteiger partial charge < -0.3 is 10.1 Å². The minimum Gasteiger partial charge on any atom is -0.489 e. The molecule has 1 amide bonds. The quantitative estimate of drug-likeness (QED) is 0.575. The topological polar surface area (TPSA) is 97.4 Å². The second-order valence-corrected chi connectivity index (χ2v) is 8.62. The van der Waals surface area contributed by atoms with Gasteiger partial charge in [0, 0.05) is 29.2 Å². The van der Waals surface area contributed by atoms with Crippen LogP contribution in [0.3, 0.4) is 0 Å². The largest absolute Gasteiger partial charge is 0.489 e. The number of ether oxygens (including phenoxy) is 1. The van der Waals surface area contributed by atoms with Crippen molar-refractivity contribution < 1.29 is 17.9 Å². The lowest BCUT2D eigenvalue weighted by molar-refractivity contribution is 0.0939. The van der Waals surface area contributed by atoms with E-state index >= 15 is 0 Å². The molecule has 2 aromatic carbocycles. The van der Waals surface area contributed by atoms with Crippen molar-refractivity contribution in [2.75, 3.05) is 11.0 Å². The molecule has 0 aliphatic carbocycles. The van der Waals surface area contributed by atoms with Gasteiger partial charge in [-0.25, -0.2) is 8.42 Å². The van der Waals surface area contributed by atoms with Crippen LogP contribution in [0.4, 0.5) is 5.69 Å². The van der Waals surface area contributed by atoms with Crippen LogP contribution in [0.1, 0.15) is 34.5 Å². The third-order valence-corrected chi connectivity index (χ3v) is 4.87. The van der Waals surface area contributed by atoms with Crippen LogP contribution in [0.25, 0.3) is 0 Å². The molecule has 0 fully saturated rings. The van der Waals surface area contributed by atoms with Gasteiger partial charge in [0.2, 0.25) is 10.0 Å². The van der Waals surface area contributed by atoms with Crippen molar-refractivity contribution in [1.29, 1.82) is 0 Å². The van der Waals surface area contributed by atoms with Crippen molar-refractivity contribution in [3.8, 4) is 5.75 Å². The number of nitrogens with zero attached hydrogens (tertiary/aromatic N) is 1. The number of carbonyl (C=O) groups is 1. The van der Waals surface area contributed by atoms with Crippen LogP contribution in [0.15, 0.2) is 73.1 Å². The smallest absolute Gasteiger partial charge is 0.251 e. The molecule has 1 atom stereocenters. The molecule has 2 N–H and O–H groups in total. The van der Waals surface area contributed by atoms with Crippen LogP contribution >= 0.6 is 0 Å². The highest BCUT2D eigenvalue weighted by molar-refractivity contribution is 7.92. The minimum absolute atomic E-state index is 0.254. The Labute approximate surface area is 176 Å². The van der Waals surface area contributed by atoms with Crippen LogP contribution < -0.4 is 14.8 Å². The lowest BCUT2D eigenvalue weighted by atomic mass is 10.1. The Hall–Kier alpha value is -3.39. The van der Waals surface area contributed by atoms with Crippen molar-refractivity contribution >= 4 is 21.6 Å². The molecule has 156 valence electrons. The summed E-state index contributed by atoms with van der Waals surface area (Å²) in [6, 6.07) is 17.3. The zero-order chi connectivity index (χ0) is 21.6. The van der Waals surface area contributed by atoms with Crippen molar-refractivity contribution in [1.82, 2.24) is 10.3 Å². The zero-order valence-electron chi connectivity index (χ0n) is 16.7. The van der Waals surface area contributed by atoms with Gasteiger partial charge in [0.15, 0.2) is 0 Å². The summed E-state index contributed by atoms with van der Waals surface area (Å²) in [5.41, 5.74) is 2.63. The first-order valence-corrected chi connectivity index (χ1v) is 11.2. The van der Waals surface area contributed by atoms with Crippen LogP contribution in [-0.2, 0) is 16.6 Å². The lowest BCUT2D eigenvalue weighted by Crippen LogP contribution is -2.26. The molecule has 0 spiro atoms. The standard InChI is InChI=1S/C22H23N3O4S/c1-16(18-7-3-9-20(12-18)25-30(2,27)28)24-22(26)19-8-4-10-21(13-19)29-15-17-6-5-11-23-14-17/h3-14,16,25H,15H2,1-2H3,(H,24,26). The van der Waals surface area contributed by atoms with Crippen LogP contribution in [0, 0.1) is 0 Å². The van der Waals surface area contributed by atoms with E-state index in [1.54, 1.807) is 54.9 Å². The fourth-order valence-corrected chi connectivity index (χ4v) is 3.38. The Bertz CT molecular complexity index is 1120. The highest BCUT2D eigenvalue weighted by atomic mass is 32.2. The van der Waals surface area contributed by atoms with Crippen molar-refractivity contribution in [3.63, 3.8) is 0 Å². The predicted octanol–water partition coefficient (Wildman–Crippen LogP) is 3.52. The Kier molecular flexibility index (Phi) is 6.68. The molecule has 0 aliphatic heterocycles. The first-order chi connectivity index (χ1) is 14.3. The predicted molar refractivity (Wildman–Crippen MR) is 116 cm³/mol. The fraction of sp³-hybridized carbons (Fsp3) is 0.182. The molecule has 0 saturated carbocycles. The molecular weight excluding hydrogens is 402 g/mol. The number of rotatable bonds is 8. The third kappa shape index (κ3) is 6.31. The van der Waals surface area contributed by atoms with Crippen molar-refractivity contribution in [2.45, 2.75) is 19.6 Å². The van der Waals surface area contributed by atoms with E-state index < -0.39 is 10.0 Å². The number of pyridine rings is 1. The summed E-state index contributed by atoms with van der Waals surface area (Å²) < 4.78 is 31.0. The number of aromatic nitrogens is 1. The van der Waals surface area contributed by atoms with Gasteiger partial charge in [0.05, 0.1) is 12.3 Å². The summed E-state index contributed by atoms with van der Waals surface area (Å²) in [6.45, 7) is 2.19. The molecule has 3 rings (SSSR count). The minimum atomic E-state index is -3.37. The van der Waals surface area contributed by atoms with Crippen LogP contribution in [-0.4, -0.2) is 25.6 Å². The highest BCUT2D eigenvalue weighted by Crippen LogP contribution is 2.20. The van der Waals surface area contributed by atoms with E-state index in [1.165, 1.54) is 0 Å². The van der Waals surface area contributed by atoms with Gasteiger partial charge in [-0.1, -0.05) is 24.3 Å². The summed E-state index contributed by atoms with van der Waals surface area (Å²) >= 11 is 0. The highest BCUT2D eigenvalue weighted by Gasteiger charge is 2.13. The molecule has 8 heteroatoms. The maximum atomic E-state index is 12.7.